The Bertz CT molecular complexity index is 654. The second-order valence-electron chi connectivity index (χ2n) is 4.21. The number of fused-ring (bicyclic) bond motifs is 2. The molecule has 0 radical (unpaired) electrons. The zero-order valence-corrected chi connectivity index (χ0v) is 16.5. The number of rotatable bonds is 0. The van der Waals surface area contributed by atoms with E-state index in [9.17, 15) is 0 Å². The van der Waals surface area contributed by atoms with E-state index in [-0.39, 0.29) is 43.3 Å². The van der Waals surface area contributed by atoms with E-state index in [1.165, 1.54) is 49.6 Å². The van der Waals surface area contributed by atoms with E-state index >= 15 is 0 Å². The van der Waals surface area contributed by atoms with E-state index in [1.807, 2.05) is 0 Å². The van der Waals surface area contributed by atoms with Gasteiger partial charge in [0, 0.05) is 0 Å². The van der Waals surface area contributed by atoms with Crippen LogP contribution in [-0.4, -0.2) is 6.10 Å². The summed E-state index contributed by atoms with van der Waals surface area (Å²) in [6, 6.07) is 6.43. The summed E-state index contributed by atoms with van der Waals surface area (Å²) in [4.78, 5) is 0. The van der Waals surface area contributed by atoms with Crippen LogP contribution in [0.2, 0.25) is 0 Å². The molecule has 1 heterocycles. The Balaban J connectivity index is 0.00000108. The third kappa shape index (κ3) is 3.01. The molecular formula is C13H10BrCl3OZr. The van der Waals surface area contributed by atoms with Crippen molar-refractivity contribution in [3.8, 4) is 0 Å². The Labute approximate surface area is 154 Å². The molecule has 0 amide bonds. The minimum atomic E-state index is 0. The number of halogens is 4. The maximum atomic E-state index is 5.96. The second kappa shape index (κ2) is 7.14. The molecule has 0 bridgehead atoms. The minimum absolute atomic E-state index is 0. The van der Waals surface area contributed by atoms with Crippen molar-refractivity contribution in [1.82, 2.24) is 0 Å². The zero-order valence-electron chi connectivity index (χ0n) is 10.2. The number of hydrogen-bond donors (Lipinski definition) is 0. The molecule has 19 heavy (non-hydrogen) atoms. The van der Waals surface area contributed by atoms with Gasteiger partial charge >= 0.3 is 119 Å². The molecule has 1 unspecified atom stereocenters. The molecule has 1 nitrogen and oxygen atoms in total. The van der Waals surface area contributed by atoms with Gasteiger partial charge in [0.2, 0.25) is 0 Å². The van der Waals surface area contributed by atoms with Crippen LogP contribution in [0.3, 0.4) is 0 Å². The average molecular weight is 460 g/mol. The molecule has 100 valence electrons. The summed E-state index contributed by atoms with van der Waals surface area (Å²) in [7, 11) is 0. The number of hydrogen-bond acceptors (Lipinski definition) is 1. The molecule has 1 aliphatic heterocycles. The molecule has 1 aromatic carbocycles. The molecule has 0 aromatic heterocycles. The van der Waals surface area contributed by atoms with Gasteiger partial charge in [-0.25, -0.2) is 0 Å². The molecule has 6 heteroatoms. The Morgan fingerprint density at radius 1 is 1.16 bits per heavy atom. The van der Waals surface area contributed by atoms with Gasteiger partial charge in [-0.3, -0.25) is 0 Å². The third-order valence-corrected chi connectivity index (χ3v) is 5.04. The smallest absolute Gasteiger partial charge is 1.00 e. The molecule has 0 saturated heterocycles. The van der Waals surface area contributed by atoms with Gasteiger partial charge in [0.05, 0.1) is 0 Å². The standard InChI is InChI=1S/C13H10BrO.3ClH.Zr/c1-7-8(2)15-13-11-4-3-10(14)5-9(11)6-12(7)13;;;;/h3-5,8H,1-2H3;3*1H;/q;;;;+3/p-3. The van der Waals surface area contributed by atoms with E-state index in [0.717, 1.165) is 10.2 Å². The summed E-state index contributed by atoms with van der Waals surface area (Å²) in [6.45, 7) is 4.30. The molecular weight excluding hydrogens is 450 g/mol. The predicted molar refractivity (Wildman–Crippen MR) is 63.5 cm³/mol. The first kappa shape index (κ1) is 19.7. The molecule has 2 aliphatic rings. The molecule has 1 aliphatic carbocycles. The molecule has 1 aromatic rings. The van der Waals surface area contributed by atoms with E-state index in [4.69, 9.17) is 4.74 Å². The molecule has 0 spiro atoms. The normalized spacial score (nSPS) is 18.9. The van der Waals surface area contributed by atoms with Crippen LogP contribution >= 0.6 is 15.9 Å². The van der Waals surface area contributed by atoms with Crippen LogP contribution in [-0.2, 0) is 29.5 Å². The van der Waals surface area contributed by atoms with Gasteiger partial charge in [-0.2, -0.15) is 0 Å². The van der Waals surface area contributed by atoms with Crippen LogP contribution in [0.15, 0.2) is 33.8 Å². The summed E-state index contributed by atoms with van der Waals surface area (Å²) >= 11 is 4.99. The van der Waals surface area contributed by atoms with E-state index in [0.29, 0.717) is 0 Å². The van der Waals surface area contributed by atoms with Crippen molar-refractivity contribution in [1.29, 1.82) is 0 Å². The predicted octanol–water partition coefficient (Wildman–Crippen LogP) is -7.03. The van der Waals surface area contributed by atoms with Crippen LogP contribution in [0.5, 0.6) is 0 Å². The molecule has 1 atom stereocenters. The summed E-state index contributed by atoms with van der Waals surface area (Å²) in [5.41, 5.74) is 2.73. The summed E-state index contributed by atoms with van der Waals surface area (Å²) in [5.74, 6) is 1.10. The summed E-state index contributed by atoms with van der Waals surface area (Å²) in [5, 5.41) is 2.59. The first-order chi connectivity index (χ1) is 7.59. The van der Waals surface area contributed by atoms with Crippen molar-refractivity contribution >= 4 is 25.0 Å². The minimum Gasteiger partial charge on any atom is -1.00 e. The van der Waals surface area contributed by atoms with Gasteiger partial charge in [0.25, 0.3) is 0 Å². The van der Waals surface area contributed by atoms with Crippen molar-refractivity contribution in [2.45, 2.75) is 20.0 Å². The van der Waals surface area contributed by atoms with E-state index in [1.54, 1.807) is 0 Å². The van der Waals surface area contributed by atoms with Gasteiger partial charge in [-0.05, 0) is 0 Å². The zero-order chi connectivity index (χ0) is 11.4. The van der Waals surface area contributed by atoms with Crippen LogP contribution in [0.25, 0.3) is 9.04 Å². The second-order valence-corrected chi connectivity index (χ2v) is 6.36. The monoisotopic (exact) mass is 456 g/mol. The van der Waals surface area contributed by atoms with Gasteiger partial charge < -0.3 is 37.2 Å². The van der Waals surface area contributed by atoms with Crippen LogP contribution in [0.4, 0.5) is 0 Å². The number of benzene rings is 1. The average Bonchev–Trinajstić information content (AvgIpc) is 2.67. The van der Waals surface area contributed by atoms with Crippen molar-refractivity contribution in [3.05, 3.63) is 44.3 Å². The van der Waals surface area contributed by atoms with E-state index < -0.39 is 0 Å². The van der Waals surface area contributed by atoms with E-state index in [2.05, 4.69) is 48.0 Å². The molecule has 3 rings (SSSR count). The fourth-order valence-electron chi connectivity index (χ4n) is 2.27. The van der Waals surface area contributed by atoms with Gasteiger partial charge in [-0.15, -0.1) is 0 Å². The van der Waals surface area contributed by atoms with Crippen LogP contribution in [0, 0.1) is 0 Å². The van der Waals surface area contributed by atoms with Gasteiger partial charge in [0.15, 0.2) is 0 Å². The Hall–Kier alpha value is 0.733. The van der Waals surface area contributed by atoms with Crippen molar-refractivity contribution in [2.75, 3.05) is 0 Å². The Kier molecular flexibility index (Phi) is 7.41. The van der Waals surface area contributed by atoms with Crippen molar-refractivity contribution < 1.29 is 66.7 Å². The van der Waals surface area contributed by atoms with Crippen molar-refractivity contribution in [2.24, 2.45) is 0 Å². The fourth-order valence-corrected chi connectivity index (χ4v) is 3.90. The van der Waals surface area contributed by atoms with Gasteiger partial charge in [-0.1, -0.05) is 0 Å². The Morgan fingerprint density at radius 2 is 1.79 bits per heavy atom. The van der Waals surface area contributed by atoms with Crippen LogP contribution < -0.4 is 47.7 Å². The molecule has 0 N–H and O–H groups in total. The molecule has 0 fully saturated rings. The first-order valence-electron chi connectivity index (χ1n) is 5.23. The summed E-state index contributed by atoms with van der Waals surface area (Å²) in [6.07, 6.45) is 0.234. The first-order valence-corrected chi connectivity index (χ1v) is 7.25. The van der Waals surface area contributed by atoms with Crippen molar-refractivity contribution in [3.63, 3.8) is 0 Å². The Morgan fingerprint density at radius 3 is 2.42 bits per heavy atom. The maximum absolute atomic E-state index is 5.96. The fraction of sp³-hybridized carbons (Fsp3) is 0.231. The topological polar surface area (TPSA) is 9.23 Å². The third-order valence-electron chi connectivity index (χ3n) is 3.27. The largest absolute Gasteiger partial charge is 1.00 e. The summed E-state index contributed by atoms with van der Waals surface area (Å²) < 4.78 is 8.52. The molecule has 0 saturated carbocycles. The number of ether oxygens (including phenoxy) is 1. The maximum Gasteiger partial charge on any atom is -1.00 e. The SMILES string of the molecule is CC1=C2[C]([Zr+3])=c3cc(Br)ccc3=C2OC1C.[Cl-].[Cl-].[Cl-]. The van der Waals surface area contributed by atoms with Crippen LogP contribution in [0.1, 0.15) is 13.8 Å². The van der Waals surface area contributed by atoms with Gasteiger partial charge in [0.1, 0.15) is 0 Å². The quantitative estimate of drug-likeness (QED) is 0.375.